The Morgan fingerprint density at radius 2 is 1.85 bits per heavy atom. The lowest BCUT2D eigenvalue weighted by Gasteiger charge is -2.29. The van der Waals surface area contributed by atoms with Gasteiger partial charge in [-0.1, -0.05) is 42.5 Å². The van der Waals surface area contributed by atoms with Crippen LogP contribution in [0.5, 0.6) is 5.75 Å². The Bertz CT molecular complexity index is 817. The third-order valence-corrected chi connectivity index (χ3v) is 5.21. The quantitative estimate of drug-likeness (QED) is 0.822. The van der Waals surface area contributed by atoms with Crippen LogP contribution in [0.3, 0.4) is 0 Å². The molecule has 1 aliphatic heterocycles. The number of carbonyl (C=O) groups is 2. The first kappa shape index (κ1) is 17.6. The first-order valence-electron chi connectivity index (χ1n) is 9.56. The normalized spacial score (nSPS) is 17.0. The minimum atomic E-state index is -0.107. The van der Waals surface area contributed by atoms with Crippen molar-refractivity contribution in [3.63, 3.8) is 0 Å². The van der Waals surface area contributed by atoms with Crippen molar-refractivity contribution in [2.75, 3.05) is 18.1 Å². The fourth-order valence-corrected chi connectivity index (χ4v) is 3.59. The highest BCUT2D eigenvalue weighted by Gasteiger charge is 2.32. The van der Waals surface area contributed by atoms with E-state index in [9.17, 15) is 9.59 Å². The summed E-state index contributed by atoms with van der Waals surface area (Å²) >= 11 is 0. The molecule has 1 saturated carbocycles. The highest BCUT2D eigenvalue weighted by molar-refractivity contribution is 5.98. The lowest BCUT2D eigenvalue weighted by Crippen LogP contribution is -2.43. The second kappa shape index (κ2) is 7.82. The lowest BCUT2D eigenvalue weighted by atomic mass is 10.0. The number of hydrogen-bond donors (Lipinski definition) is 1. The lowest BCUT2D eigenvalue weighted by molar-refractivity contribution is -0.122. The number of amides is 2. The van der Waals surface area contributed by atoms with Gasteiger partial charge in [0.1, 0.15) is 5.75 Å². The van der Waals surface area contributed by atoms with Crippen molar-refractivity contribution in [2.45, 2.75) is 31.7 Å². The summed E-state index contributed by atoms with van der Waals surface area (Å²) in [7, 11) is 0. The van der Waals surface area contributed by atoms with Gasteiger partial charge in [0.05, 0.1) is 5.69 Å². The number of ether oxygens (including phenoxy) is 1. The summed E-state index contributed by atoms with van der Waals surface area (Å²) in [5.41, 5.74) is 1.98. The van der Waals surface area contributed by atoms with Crippen molar-refractivity contribution in [1.82, 2.24) is 5.32 Å². The van der Waals surface area contributed by atoms with E-state index in [1.54, 1.807) is 4.90 Å². The van der Waals surface area contributed by atoms with E-state index in [2.05, 4.69) is 17.4 Å². The van der Waals surface area contributed by atoms with E-state index in [0.29, 0.717) is 18.2 Å². The maximum absolute atomic E-state index is 12.6. The Hall–Kier alpha value is -2.82. The molecule has 27 heavy (non-hydrogen) atoms. The molecule has 2 aromatic carbocycles. The monoisotopic (exact) mass is 364 g/mol. The molecule has 4 rings (SSSR count). The highest BCUT2D eigenvalue weighted by atomic mass is 16.5. The average Bonchev–Trinajstić information content (AvgIpc) is 3.53. The third kappa shape index (κ3) is 4.30. The topological polar surface area (TPSA) is 58.6 Å². The van der Waals surface area contributed by atoms with Crippen LogP contribution in [0, 0.1) is 5.92 Å². The molecule has 0 spiro atoms. The van der Waals surface area contributed by atoms with Crippen molar-refractivity contribution in [1.29, 1.82) is 0 Å². The molecule has 140 valence electrons. The fraction of sp³-hybridized carbons (Fsp3) is 0.364. The van der Waals surface area contributed by atoms with Gasteiger partial charge in [-0.3, -0.25) is 9.59 Å². The zero-order valence-corrected chi connectivity index (χ0v) is 15.3. The summed E-state index contributed by atoms with van der Waals surface area (Å²) < 4.78 is 5.45. The Morgan fingerprint density at radius 1 is 1.11 bits per heavy atom. The Labute approximate surface area is 159 Å². The molecule has 1 atom stereocenters. The summed E-state index contributed by atoms with van der Waals surface area (Å²) in [6, 6.07) is 17.9. The molecule has 0 radical (unpaired) electrons. The van der Waals surface area contributed by atoms with Gasteiger partial charge >= 0.3 is 0 Å². The molecule has 1 unspecified atom stereocenters. The zero-order chi connectivity index (χ0) is 18.6. The van der Waals surface area contributed by atoms with Crippen LogP contribution in [0.2, 0.25) is 0 Å². The van der Waals surface area contributed by atoms with Gasteiger partial charge in [0.2, 0.25) is 5.91 Å². The van der Waals surface area contributed by atoms with Gasteiger partial charge in [0.25, 0.3) is 5.91 Å². The minimum absolute atomic E-state index is 0.000367. The Morgan fingerprint density at radius 3 is 2.63 bits per heavy atom. The summed E-state index contributed by atoms with van der Waals surface area (Å²) in [5, 5.41) is 3.20. The van der Waals surface area contributed by atoms with Crippen molar-refractivity contribution < 1.29 is 14.3 Å². The molecule has 1 aliphatic carbocycles. The van der Waals surface area contributed by atoms with Gasteiger partial charge in [0.15, 0.2) is 6.61 Å². The maximum atomic E-state index is 12.6. The molecular weight excluding hydrogens is 340 g/mol. The molecule has 2 amide bonds. The smallest absolute Gasteiger partial charge is 0.265 e. The van der Waals surface area contributed by atoms with Gasteiger partial charge < -0.3 is 15.0 Å². The van der Waals surface area contributed by atoms with Crippen LogP contribution in [-0.4, -0.2) is 31.0 Å². The van der Waals surface area contributed by atoms with Crippen LogP contribution in [0.15, 0.2) is 54.6 Å². The number of hydrogen-bond acceptors (Lipinski definition) is 3. The van der Waals surface area contributed by atoms with Crippen LogP contribution in [0.1, 0.15) is 24.8 Å². The Kier molecular flexibility index (Phi) is 5.10. The molecule has 1 fully saturated rings. The molecule has 1 heterocycles. The summed E-state index contributed by atoms with van der Waals surface area (Å²) in [4.78, 5) is 26.4. The van der Waals surface area contributed by atoms with Crippen molar-refractivity contribution >= 4 is 17.5 Å². The molecule has 5 heteroatoms. The molecule has 1 N–H and O–H groups in total. The van der Waals surface area contributed by atoms with Gasteiger partial charge in [-0.15, -0.1) is 0 Å². The minimum Gasteiger partial charge on any atom is -0.482 e. The fourth-order valence-electron chi connectivity index (χ4n) is 3.59. The van der Waals surface area contributed by atoms with Crippen LogP contribution in [0.25, 0.3) is 0 Å². The number of carbonyl (C=O) groups excluding carboxylic acids is 2. The molecular formula is C22H24N2O3. The zero-order valence-electron chi connectivity index (χ0n) is 15.3. The van der Waals surface area contributed by atoms with Crippen LogP contribution in [0.4, 0.5) is 5.69 Å². The number of fused-ring (bicyclic) bond motifs is 1. The molecule has 5 nitrogen and oxygen atoms in total. The van der Waals surface area contributed by atoms with E-state index in [-0.39, 0.29) is 30.9 Å². The van der Waals surface area contributed by atoms with Gasteiger partial charge in [-0.25, -0.2) is 0 Å². The number of para-hydroxylation sites is 2. The maximum Gasteiger partial charge on any atom is 0.265 e. The van der Waals surface area contributed by atoms with Gasteiger partial charge in [-0.2, -0.15) is 0 Å². The van der Waals surface area contributed by atoms with E-state index < -0.39 is 0 Å². The van der Waals surface area contributed by atoms with Crippen molar-refractivity contribution in [3.05, 3.63) is 60.2 Å². The van der Waals surface area contributed by atoms with Crippen molar-refractivity contribution in [2.24, 2.45) is 5.92 Å². The van der Waals surface area contributed by atoms with Crippen LogP contribution in [-0.2, 0) is 16.0 Å². The summed E-state index contributed by atoms with van der Waals surface area (Å²) in [6.07, 6.45) is 3.49. The predicted octanol–water partition coefficient (Wildman–Crippen LogP) is 2.94. The van der Waals surface area contributed by atoms with E-state index in [4.69, 9.17) is 4.74 Å². The van der Waals surface area contributed by atoms with Crippen LogP contribution >= 0.6 is 0 Å². The van der Waals surface area contributed by atoms with E-state index >= 15 is 0 Å². The average molecular weight is 364 g/mol. The van der Waals surface area contributed by atoms with E-state index in [1.807, 2.05) is 42.5 Å². The van der Waals surface area contributed by atoms with Gasteiger partial charge in [-0.05, 0) is 42.9 Å². The van der Waals surface area contributed by atoms with Crippen molar-refractivity contribution in [3.8, 4) is 5.75 Å². The highest BCUT2D eigenvalue weighted by Crippen LogP contribution is 2.34. The second-order valence-electron chi connectivity index (χ2n) is 7.25. The number of nitrogens with one attached hydrogen (secondary N) is 1. The molecule has 2 aliphatic rings. The van der Waals surface area contributed by atoms with E-state index in [0.717, 1.165) is 12.1 Å². The molecule has 0 saturated heterocycles. The number of rotatable bonds is 7. The third-order valence-electron chi connectivity index (χ3n) is 5.21. The number of benzene rings is 2. The largest absolute Gasteiger partial charge is 0.482 e. The summed E-state index contributed by atoms with van der Waals surface area (Å²) in [6.45, 7) is 0.394. The first-order chi connectivity index (χ1) is 13.2. The SMILES string of the molecule is O=C(CCN1C(=O)COc2ccccc21)NC(Cc1ccccc1)C1CC1. The van der Waals surface area contributed by atoms with Gasteiger partial charge in [0, 0.05) is 19.0 Å². The second-order valence-corrected chi connectivity index (χ2v) is 7.25. The molecule has 0 bridgehead atoms. The molecule has 2 aromatic rings. The molecule has 0 aromatic heterocycles. The standard InChI is InChI=1S/C22H24N2O3/c25-21(23-18(17-10-11-17)14-16-6-2-1-3-7-16)12-13-24-19-8-4-5-9-20(19)27-15-22(24)26/h1-9,17-18H,10-15H2,(H,23,25). The number of nitrogens with zero attached hydrogens (tertiary/aromatic N) is 1. The Balaban J connectivity index is 1.35. The van der Waals surface area contributed by atoms with Crippen LogP contribution < -0.4 is 15.0 Å². The van der Waals surface area contributed by atoms with E-state index in [1.165, 1.54) is 18.4 Å². The predicted molar refractivity (Wildman–Crippen MR) is 104 cm³/mol. The first-order valence-corrected chi connectivity index (χ1v) is 9.56. The summed E-state index contributed by atoms with van der Waals surface area (Å²) in [5.74, 6) is 1.15. The number of anilines is 1.